The van der Waals surface area contributed by atoms with E-state index in [-0.39, 0.29) is 0 Å². The van der Waals surface area contributed by atoms with E-state index in [2.05, 4.69) is 34.8 Å². The Balaban J connectivity index is 1.67. The molecular formula is C17H23N3O. The van der Waals surface area contributed by atoms with E-state index in [1.165, 1.54) is 29.5 Å². The van der Waals surface area contributed by atoms with Gasteiger partial charge in [-0.15, -0.1) is 0 Å². The quantitative estimate of drug-likeness (QED) is 0.942. The van der Waals surface area contributed by atoms with Crippen LogP contribution in [0.2, 0.25) is 0 Å². The second-order valence-electron chi connectivity index (χ2n) is 6.64. The fourth-order valence-electron chi connectivity index (χ4n) is 3.62. The minimum atomic E-state index is 0.321. The number of ether oxygens (including phenoxy) is 1. The van der Waals surface area contributed by atoms with Crippen molar-refractivity contribution >= 4 is 11.0 Å². The molecule has 1 saturated carbocycles. The molecule has 4 rings (SSSR count). The Morgan fingerprint density at radius 2 is 2.05 bits per heavy atom. The zero-order chi connectivity index (χ0) is 14.4. The van der Waals surface area contributed by atoms with E-state index in [0.717, 1.165) is 31.2 Å². The standard InChI is InChI=1S/C17H23N3O/c1-11-8-20(9-12(2)21-11)10-15-14-4-3-7-18-17(14)19-16(15)13-5-6-13/h3-4,7,11-13H,5-6,8-10H2,1-2H3,(H,18,19)/t11-,12-/m0/s1. The summed E-state index contributed by atoms with van der Waals surface area (Å²) in [5, 5.41) is 1.30. The molecule has 2 aromatic rings. The summed E-state index contributed by atoms with van der Waals surface area (Å²) in [5.74, 6) is 0.727. The Morgan fingerprint density at radius 3 is 2.76 bits per heavy atom. The topological polar surface area (TPSA) is 41.2 Å². The number of nitrogens with one attached hydrogen (secondary N) is 1. The monoisotopic (exact) mass is 285 g/mol. The summed E-state index contributed by atoms with van der Waals surface area (Å²) in [6.07, 6.45) is 5.15. The second kappa shape index (κ2) is 5.11. The SMILES string of the molecule is C[C@H]1CN(Cc2c(C3CC3)[nH]c3ncccc23)C[C@H](C)O1. The molecule has 0 bridgehead atoms. The molecule has 21 heavy (non-hydrogen) atoms. The lowest BCUT2D eigenvalue weighted by atomic mass is 10.1. The Bertz CT molecular complexity index is 637. The first kappa shape index (κ1) is 13.3. The van der Waals surface area contributed by atoms with Crippen molar-refractivity contribution in [2.75, 3.05) is 13.1 Å². The summed E-state index contributed by atoms with van der Waals surface area (Å²) >= 11 is 0. The molecular weight excluding hydrogens is 262 g/mol. The van der Waals surface area contributed by atoms with Crippen molar-refractivity contribution < 1.29 is 4.74 Å². The Morgan fingerprint density at radius 1 is 1.29 bits per heavy atom. The first-order valence-electron chi connectivity index (χ1n) is 8.04. The predicted molar refractivity (Wildman–Crippen MR) is 83.4 cm³/mol. The van der Waals surface area contributed by atoms with Crippen LogP contribution in [0.15, 0.2) is 18.3 Å². The van der Waals surface area contributed by atoms with E-state index in [0.29, 0.717) is 12.2 Å². The maximum atomic E-state index is 5.85. The maximum Gasteiger partial charge on any atom is 0.137 e. The van der Waals surface area contributed by atoms with Gasteiger partial charge in [-0.25, -0.2) is 4.98 Å². The smallest absolute Gasteiger partial charge is 0.137 e. The molecule has 4 heteroatoms. The number of hydrogen-bond acceptors (Lipinski definition) is 3. The summed E-state index contributed by atoms with van der Waals surface area (Å²) in [4.78, 5) is 10.6. The molecule has 2 aromatic heterocycles. The van der Waals surface area contributed by atoms with Gasteiger partial charge in [-0.3, -0.25) is 4.90 Å². The lowest BCUT2D eigenvalue weighted by Crippen LogP contribution is -2.44. The van der Waals surface area contributed by atoms with Gasteiger partial charge in [0.25, 0.3) is 0 Å². The number of pyridine rings is 1. The number of aromatic amines is 1. The van der Waals surface area contributed by atoms with Crippen LogP contribution in [-0.2, 0) is 11.3 Å². The fraction of sp³-hybridized carbons (Fsp3) is 0.588. The average molecular weight is 285 g/mol. The van der Waals surface area contributed by atoms with Gasteiger partial charge in [0.15, 0.2) is 0 Å². The van der Waals surface area contributed by atoms with E-state index < -0.39 is 0 Å². The minimum absolute atomic E-state index is 0.321. The lowest BCUT2D eigenvalue weighted by molar-refractivity contribution is -0.0704. The molecule has 2 aliphatic rings. The predicted octanol–water partition coefficient (Wildman–Crippen LogP) is 3.05. The van der Waals surface area contributed by atoms with E-state index >= 15 is 0 Å². The van der Waals surface area contributed by atoms with E-state index in [1.807, 2.05) is 12.3 Å². The first-order chi connectivity index (χ1) is 10.2. The van der Waals surface area contributed by atoms with Crippen molar-refractivity contribution in [3.8, 4) is 0 Å². The molecule has 2 fully saturated rings. The molecule has 0 radical (unpaired) electrons. The average Bonchev–Trinajstić information content (AvgIpc) is 3.22. The van der Waals surface area contributed by atoms with Crippen molar-refractivity contribution in [3.05, 3.63) is 29.6 Å². The van der Waals surface area contributed by atoms with E-state index in [4.69, 9.17) is 4.74 Å². The molecule has 4 nitrogen and oxygen atoms in total. The van der Waals surface area contributed by atoms with Crippen LogP contribution in [0, 0.1) is 0 Å². The summed E-state index contributed by atoms with van der Waals surface area (Å²) in [7, 11) is 0. The van der Waals surface area contributed by atoms with Crippen molar-refractivity contribution in [2.24, 2.45) is 0 Å². The summed E-state index contributed by atoms with van der Waals surface area (Å²) in [6, 6.07) is 4.24. The van der Waals surface area contributed by atoms with Crippen molar-refractivity contribution in [2.45, 2.75) is 51.4 Å². The number of rotatable bonds is 3. The molecule has 2 atom stereocenters. The Kier molecular flexibility index (Phi) is 3.23. The van der Waals surface area contributed by atoms with Crippen LogP contribution in [0.3, 0.4) is 0 Å². The van der Waals surface area contributed by atoms with Gasteiger partial charge in [0.1, 0.15) is 5.65 Å². The molecule has 0 aromatic carbocycles. The third-order valence-electron chi connectivity index (χ3n) is 4.57. The zero-order valence-corrected chi connectivity index (χ0v) is 12.8. The normalized spacial score (nSPS) is 27.3. The summed E-state index contributed by atoms with van der Waals surface area (Å²) in [6.45, 7) is 7.38. The largest absolute Gasteiger partial charge is 0.373 e. The van der Waals surface area contributed by atoms with Gasteiger partial charge >= 0.3 is 0 Å². The van der Waals surface area contributed by atoms with Crippen molar-refractivity contribution in [1.82, 2.24) is 14.9 Å². The number of fused-ring (bicyclic) bond motifs is 1. The molecule has 1 saturated heterocycles. The second-order valence-corrected chi connectivity index (χ2v) is 6.64. The molecule has 0 amide bonds. The van der Waals surface area contributed by atoms with Crippen LogP contribution in [0.1, 0.15) is 43.9 Å². The van der Waals surface area contributed by atoms with Crippen LogP contribution in [0.25, 0.3) is 11.0 Å². The van der Waals surface area contributed by atoms with Crippen LogP contribution >= 0.6 is 0 Å². The van der Waals surface area contributed by atoms with Crippen LogP contribution < -0.4 is 0 Å². The molecule has 1 N–H and O–H groups in total. The van der Waals surface area contributed by atoms with Gasteiger partial charge in [-0.2, -0.15) is 0 Å². The van der Waals surface area contributed by atoms with E-state index in [1.54, 1.807) is 0 Å². The number of nitrogens with zero attached hydrogens (tertiary/aromatic N) is 2. The molecule has 0 spiro atoms. The van der Waals surface area contributed by atoms with Crippen LogP contribution in [0.4, 0.5) is 0 Å². The molecule has 112 valence electrons. The van der Waals surface area contributed by atoms with Gasteiger partial charge < -0.3 is 9.72 Å². The summed E-state index contributed by atoms with van der Waals surface area (Å²) < 4.78 is 5.85. The Labute approximate surface area is 125 Å². The molecule has 1 aliphatic carbocycles. The zero-order valence-electron chi connectivity index (χ0n) is 12.8. The van der Waals surface area contributed by atoms with Crippen LogP contribution in [-0.4, -0.2) is 40.2 Å². The van der Waals surface area contributed by atoms with Crippen molar-refractivity contribution in [1.29, 1.82) is 0 Å². The van der Waals surface area contributed by atoms with Gasteiger partial charge in [-0.1, -0.05) is 0 Å². The van der Waals surface area contributed by atoms with Gasteiger partial charge in [0.2, 0.25) is 0 Å². The Hall–Kier alpha value is -1.39. The van der Waals surface area contributed by atoms with E-state index in [9.17, 15) is 0 Å². The molecule has 0 unspecified atom stereocenters. The van der Waals surface area contributed by atoms with Gasteiger partial charge in [0.05, 0.1) is 12.2 Å². The highest BCUT2D eigenvalue weighted by atomic mass is 16.5. The molecule has 3 heterocycles. The number of hydrogen-bond donors (Lipinski definition) is 1. The van der Waals surface area contributed by atoms with Gasteiger partial charge in [-0.05, 0) is 50.3 Å². The first-order valence-corrected chi connectivity index (χ1v) is 8.04. The minimum Gasteiger partial charge on any atom is -0.373 e. The third-order valence-corrected chi connectivity index (χ3v) is 4.57. The maximum absolute atomic E-state index is 5.85. The highest BCUT2D eigenvalue weighted by Crippen LogP contribution is 2.43. The van der Waals surface area contributed by atoms with Gasteiger partial charge in [0, 0.05) is 36.9 Å². The molecule has 1 aliphatic heterocycles. The number of H-pyrrole nitrogens is 1. The number of morpholine rings is 1. The highest BCUT2D eigenvalue weighted by molar-refractivity contribution is 5.81. The highest BCUT2D eigenvalue weighted by Gasteiger charge is 2.31. The lowest BCUT2D eigenvalue weighted by Gasteiger charge is -2.35. The number of aromatic nitrogens is 2. The fourth-order valence-corrected chi connectivity index (χ4v) is 3.62. The summed E-state index contributed by atoms with van der Waals surface area (Å²) in [5.41, 5.74) is 3.93. The van der Waals surface area contributed by atoms with Crippen molar-refractivity contribution in [3.63, 3.8) is 0 Å². The van der Waals surface area contributed by atoms with Crippen LogP contribution in [0.5, 0.6) is 0 Å². The third kappa shape index (κ3) is 2.58.